The Labute approximate surface area is 75.6 Å². The van der Waals surface area contributed by atoms with Crippen LogP contribution in [-0.4, -0.2) is 29.4 Å². The molecule has 0 saturated carbocycles. The van der Waals surface area contributed by atoms with Gasteiger partial charge in [-0.2, -0.15) is 0 Å². The minimum absolute atomic E-state index is 0.0196. The molecule has 0 aliphatic carbocycles. The molecule has 0 aromatic carbocycles. The van der Waals surface area contributed by atoms with Crippen LogP contribution in [0.4, 0.5) is 0 Å². The lowest BCUT2D eigenvalue weighted by atomic mass is 10.3. The Balaban J connectivity index is 2.61. The lowest BCUT2D eigenvalue weighted by molar-refractivity contribution is -0.200. The highest BCUT2D eigenvalue weighted by Gasteiger charge is 2.29. The molecule has 1 atom stereocenters. The summed E-state index contributed by atoms with van der Waals surface area (Å²) in [5, 5.41) is 9.29. The highest BCUT2D eigenvalue weighted by atomic mass is 16.7. The fourth-order valence-corrected chi connectivity index (χ4v) is 0.955. The Hall–Kier alpha value is -1.10. The normalized spacial score (nSPS) is 21.7. The molecule has 74 valence electrons. The molecule has 1 heterocycles. The number of esters is 2. The van der Waals surface area contributed by atoms with Crippen molar-refractivity contribution in [3.05, 3.63) is 0 Å². The number of hydrogen-bond donors (Lipinski definition) is 1. The van der Waals surface area contributed by atoms with Gasteiger partial charge in [-0.05, 0) is 6.42 Å². The van der Waals surface area contributed by atoms with E-state index >= 15 is 0 Å². The van der Waals surface area contributed by atoms with Gasteiger partial charge in [0.1, 0.15) is 6.10 Å². The van der Waals surface area contributed by atoms with Crippen molar-refractivity contribution in [2.75, 3.05) is 0 Å². The Morgan fingerprint density at radius 2 is 1.85 bits per heavy atom. The van der Waals surface area contributed by atoms with Crippen molar-refractivity contribution >= 4 is 11.9 Å². The van der Waals surface area contributed by atoms with Gasteiger partial charge in [-0.15, -0.1) is 0 Å². The van der Waals surface area contributed by atoms with Crippen molar-refractivity contribution < 1.29 is 24.2 Å². The highest BCUT2D eigenvalue weighted by Crippen LogP contribution is 2.13. The largest absolute Gasteiger partial charge is 0.422 e. The third-order valence-electron chi connectivity index (χ3n) is 1.76. The van der Waals surface area contributed by atoms with Gasteiger partial charge >= 0.3 is 11.9 Å². The molecule has 1 aliphatic heterocycles. The van der Waals surface area contributed by atoms with E-state index in [9.17, 15) is 14.7 Å². The van der Waals surface area contributed by atoms with Crippen LogP contribution in [0, 0.1) is 0 Å². The first-order valence-corrected chi connectivity index (χ1v) is 4.20. The van der Waals surface area contributed by atoms with Crippen LogP contribution < -0.4 is 0 Å². The Morgan fingerprint density at radius 3 is 2.23 bits per heavy atom. The summed E-state index contributed by atoms with van der Waals surface area (Å²) in [6.07, 6.45) is -1.67. The monoisotopic (exact) mass is 188 g/mol. The summed E-state index contributed by atoms with van der Waals surface area (Å²) < 4.78 is 9.40. The molecule has 0 amide bonds. The first-order chi connectivity index (χ1) is 6.13. The molecular formula is C8H12O5. The summed E-state index contributed by atoms with van der Waals surface area (Å²) >= 11 is 0. The van der Waals surface area contributed by atoms with Gasteiger partial charge < -0.3 is 14.6 Å². The third-order valence-corrected chi connectivity index (χ3v) is 1.76. The summed E-state index contributed by atoms with van der Waals surface area (Å²) in [5.74, 6) is -1.02. The SMILES string of the molecule is CCC(O)C1OC(=O)CCC(=O)O1. The zero-order valence-corrected chi connectivity index (χ0v) is 7.36. The molecule has 0 bridgehead atoms. The van der Waals surface area contributed by atoms with Gasteiger partial charge in [-0.1, -0.05) is 6.92 Å². The average Bonchev–Trinajstić information content (AvgIpc) is 2.27. The van der Waals surface area contributed by atoms with Crippen LogP contribution in [0.1, 0.15) is 26.2 Å². The molecular weight excluding hydrogens is 176 g/mol. The van der Waals surface area contributed by atoms with Gasteiger partial charge in [0.25, 0.3) is 6.29 Å². The van der Waals surface area contributed by atoms with Crippen molar-refractivity contribution in [3.8, 4) is 0 Å². The van der Waals surface area contributed by atoms with Gasteiger partial charge in [-0.25, -0.2) is 0 Å². The first kappa shape index (κ1) is 9.98. The van der Waals surface area contributed by atoms with E-state index in [1.165, 1.54) is 0 Å². The van der Waals surface area contributed by atoms with E-state index in [0.29, 0.717) is 6.42 Å². The fraction of sp³-hybridized carbons (Fsp3) is 0.750. The standard InChI is InChI=1S/C8H12O5/c1-2-5(9)8-12-6(10)3-4-7(11)13-8/h5,8-9H,2-4H2,1H3. The Morgan fingerprint density at radius 1 is 1.38 bits per heavy atom. The predicted octanol–water partition coefficient (Wildman–Crippen LogP) is -0.0364. The minimum Gasteiger partial charge on any atom is -0.422 e. The van der Waals surface area contributed by atoms with Crippen LogP contribution in [0.3, 0.4) is 0 Å². The Kier molecular flexibility index (Phi) is 3.25. The molecule has 0 aromatic heterocycles. The first-order valence-electron chi connectivity index (χ1n) is 4.20. The minimum atomic E-state index is -1.13. The van der Waals surface area contributed by atoms with E-state index in [4.69, 9.17) is 9.47 Å². The summed E-state index contributed by atoms with van der Waals surface area (Å²) in [5.41, 5.74) is 0. The second-order valence-corrected chi connectivity index (χ2v) is 2.82. The van der Waals surface area contributed by atoms with Gasteiger partial charge in [-0.3, -0.25) is 9.59 Å². The van der Waals surface area contributed by atoms with Crippen molar-refractivity contribution in [1.29, 1.82) is 0 Å². The molecule has 1 N–H and O–H groups in total. The molecule has 0 aromatic rings. The molecule has 5 nitrogen and oxygen atoms in total. The zero-order valence-electron chi connectivity index (χ0n) is 7.36. The van der Waals surface area contributed by atoms with Gasteiger partial charge in [0.05, 0.1) is 12.8 Å². The van der Waals surface area contributed by atoms with Gasteiger partial charge in [0.2, 0.25) is 0 Å². The summed E-state index contributed by atoms with van der Waals surface area (Å²) in [7, 11) is 0. The molecule has 13 heavy (non-hydrogen) atoms. The van der Waals surface area contributed by atoms with E-state index in [1.54, 1.807) is 6.92 Å². The average molecular weight is 188 g/mol. The summed E-state index contributed by atoms with van der Waals surface area (Å²) in [6, 6.07) is 0. The van der Waals surface area contributed by atoms with Crippen molar-refractivity contribution in [2.24, 2.45) is 0 Å². The Bertz CT molecular complexity index is 195. The molecule has 1 saturated heterocycles. The van der Waals surface area contributed by atoms with Gasteiger partial charge in [0, 0.05) is 0 Å². The van der Waals surface area contributed by atoms with E-state index in [0.717, 1.165) is 0 Å². The third kappa shape index (κ3) is 2.69. The zero-order chi connectivity index (χ0) is 9.84. The van der Waals surface area contributed by atoms with E-state index in [1.807, 2.05) is 0 Å². The lowest BCUT2D eigenvalue weighted by Gasteiger charge is -2.19. The van der Waals surface area contributed by atoms with Crippen LogP contribution >= 0.6 is 0 Å². The number of carbonyl (C=O) groups is 2. The van der Waals surface area contributed by atoms with Crippen LogP contribution in [0.15, 0.2) is 0 Å². The number of carbonyl (C=O) groups excluding carboxylic acids is 2. The van der Waals surface area contributed by atoms with E-state index in [-0.39, 0.29) is 12.8 Å². The van der Waals surface area contributed by atoms with Crippen LogP contribution in [-0.2, 0) is 19.1 Å². The second-order valence-electron chi connectivity index (χ2n) is 2.82. The van der Waals surface area contributed by atoms with Crippen molar-refractivity contribution in [2.45, 2.75) is 38.6 Å². The summed E-state index contributed by atoms with van der Waals surface area (Å²) in [6.45, 7) is 1.71. The second kappa shape index (κ2) is 4.23. The molecule has 1 fully saturated rings. The van der Waals surface area contributed by atoms with Crippen LogP contribution in [0.25, 0.3) is 0 Å². The molecule has 5 heteroatoms. The van der Waals surface area contributed by atoms with Crippen molar-refractivity contribution in [3.63, 3.8) is 0 Å². The number of aliphatic hydroxyl groups is 1. The molecule has 0 radical (unpaired) electrons. The number of cyclic esters (lactones) is 2. The number of aliphatic hydroxyl groups excluding tert-OH is 1. The molecule has 1 rings (SSSR count). The topological polar surface area (TPSA) is 72.8 Å². The maximum absolute atomic E-state index is 10.9. The number of ether oxygens (including phenoxy) is 2. The lowest BCUT2D eigenvalue weighted by Crippen LogP contribution is -2.32. The fourth-order valence-electron chi connectivity index (χ4n) is 0.955. The van der Waals surface area contributed by atoms with E-state index < -0.39 is 24.3 Å². The number of rotatable bonds is 2. The quantitative estimate of drug-likeness (QED) is 0.616. The maximum atomic E-state index is 10.9. The predicted molar refractivity (Wildman–Crippen MR) is 41.5 cm³/mol. The smallest absolute Gasteiger partial charge is 0.309 e. The van der Waals surface area contributed by atoms with Gasteiger partial charge in [0.15, 0.2) is 0 Å². The summed E-state index contributed by atoms with van der Waals surface area (Å²) in [4.78, 5) is 21.8. The maximum Gasteiger partial charge on any atom is 0.309 e. The van der Waals surface area contributed by atoms with Crippen LogP contribution in [0.5, 0.6) is 0 Å². The van der Waals surface area contributed by atoms with E-state index in [2.05, 4.69) is 0 Å². The highest BCUT2D eigenvalue weighted by molar-refractivity contribution is 5.79. The van der Waals surface area contributed by atoms with Crippen LogP contribution in [0.2, 0.25) is 0 Å². The number of hydrogen-bond acceptors (Lipinski definition) is 5. The molecule has 1 aliphatic rings. The molecule has 0 spiro atoms. The van der Waals surface area contributed by atoms with Crippen molar-refractivity contribution in [1.82, 2.24) is 0 Å². The molecule has 1 unspecified atom stereocenters.